The molecule has 1 rings (SSSR count). The van der Waals surface area contributed by atoms with Crippen molar-refractivity contribution in [3.8, 4) is 0 Å². The first kappa shape index (κ1) is 9.88. The maximum atomic E-state index is 9.46. The minimum Gasteiger partial charge on any atom is -0.388 e. The van der Waals surface area contributed by atoms with Crippen LogP contribution in [0.5, 0.6) is 0 Å². The zero-order valence-electron chi connectivity index (χ0n) is 7.14. The Balaban J connectivity index is 2.56. The molecule has 0 aliphatic carbocycles. The molecular weight excluding hydrogens is 164 g/mol. The molecule has 0 spiro atoms. The van der Waals surface area contributed by atoms with Crippen LogP contribution in [0.2, 0.25) is 0 Å². The summed E-state index contributed by atoms with van der Waals surface area (Å²) in [7, 11) is 2.85. The van der Waals surface area contributed by atoms with Crippen LogP contribution in [0, 0.1) is 0 Å². The van der Waals surface area contributed by atoms with Gasteiger partial charge in [0.1, 0.15) is 18.3 Å². The summed E-state index contributed by atoms with van der Waals surface area (Å²) in [4.78, 5) is 0. The lowest BCUT2D eigenvalue weighted by Crippen LogP contribution is -2.54. The standard InChI is InChI=1S/C7H14O5/c1-10-6-4(8)3-12-7(11-2)5(6)9/h4-9H,3H2,1-2H3/t4-,5+,6+,7+/m1/s1. The molecule has 0 amide bonds. The van der Waals surface area contributed by atoms with Gasteiger partial charge in [0.15, 0.2) is 6.29 Å². The van der Waals surface area contributed by atoms with E-state index in [1.165, 1.54) is 14.2 Å². The first-order valence-corrected chi connectivity index (χ1v) is 3.74. The van der Waals surface area contributed by atoms with Crippen LogP contribution < -0.4 is 0 Å². The van der Waals surface area contributed by atoms with E-state index >= 15 is 0 Å². The monoisotopic (exact) mass is 178 g/mol. The average molecular weight is 178 g/mol. The number of rotatable bonds is 2. The van der Waals surface area contributed by atoms with Gasteiger partial charge in [-0.1, -0.05) is 0 Å². The maximum Gasteiger partial charge on any atom is 0.185 e. The van der Waals surface area contributed by atoms with E-state index in [4.69, 9.17) is 14.2 Å². The fourth-order valence-electron chi connectivity index (χ4n) is 1.27. The Morgan fingerprint density at radius 1 is 1.25 bits per heavy atom. The molecule has 1 fully saturated rings. The van der Waals surface area contributed by atoms with Crippen LogP contribution in [0.3, 0.4) is 0 Å². The van der Waals surface area contributed by atoms with Crippen LogP contribution in [-0.4, -0.2) is 55.6 Å². The van der Waals surface area contributed by atoms with E-state index in [1.54, 1.807) is 0 Å². The number of aliphatic hydroxyl groups excluding tert-OH is 2. The van der Waals surface area contributed by atoms with Gasteiger partial charge in [0.05, 0.1) is 6.61 Å². The second-order valence-electron chi connectivity index (χ2n) is 2.70. The van der Waals surface area contributed by atoms with Gasteiger partial charge < -0.3 is 24.4 Å². The molecule has 12 heavy (non-hydrogen) atoms. The van der Waals surface area contributed by atoms with E-state index in [1.807, 2.05) is 0 Å². The third-order valence-corrected chi connectivity index (χ3v) is 1.93. The Bertz CT molecular complexity index is 140. The number of aliphatic hydroxyl groups is 2. The SMILES string of the molecule is CO[C@H]1OC[C@@H](O)[C@H](OC)[C@@H]1O. The fourth-order valence-corrected chi connectivity index (χ4v) is 1.27. The molecule has 1 aliphatic heterocycles. The molecule has 1 heterocycles. The van der Waals surface area contributed by atoms with E-state index in [-0.39, 0.29) is 6.61 Å². The average Bonchev–Trinajstić information content (AvgIpc) is 2.06. The van der Waals surface area contributed by atoms with Gasteiger partial charge in [-0.05, 0) is 0 Å². The van der Waals surface area contributed by atoms with Crippen LogP contribution >= 0.6 is 0 Å². The van der Waals surface area contributed by atoms with Crippen LogP contribution in [0.25, 0.3) is 0 Å². The summed E-state index contributed by atoms with van der Waals surface area (Å²) in [5.74, 6) is 0. The van der Waals surface area contributed by atoms with Gasteiger partial charge in [-0.15, -0.1) is 0 Å². The lowest BCUT2D eigenvalue weighted by atomic mass is 10.1. The Hall–Kier alpha value is -0.200. The predicted molar refractivity (Wildman–Crippen MR) is 39.6 cm³/mol. The van der Waals surface area contributed by atoms with Crippen molar-refractivity contribution in [2.75, 3.05) is 20.8 Å². The molecule has 5 nitrogen and oxygen atoms in total. The molecule has 1 saturated heterocycles. The summed E-state index contributed by atoms with van der Waals surface area (Å²) in [5.41, 5.74) is 0. The highest BCUT2D eigenvalue weighted by molar-refractivity contribution is 4.83. The van der Waals surface area contributed by atoms with Crippen molar-refractivity contribution in [1.82, 2.24) is 0 Å². The minimum atomic E-state index is -0.941. The molecule has 0 aromatic heterocycles. The summed E-state index contributed by atoms with van der Waals surface area (Å²) >= 11 is 0. The van der Waals surface area contributed by atoms with Gasteiger partial charge in [-0.2, -0.15) is 0 Å². The van der Waals surface area contributed by atoms with Crippen molar-refractivity contribution in [3.63, 3.8) is 0 Å². The van der Waals surface area contributed by atoms with E-state index in [2.05, 4.69) is 0 Å². The molecule has 0 bridgehead atoms. The van der Waals surface area contributed by atoms with Crippen LogP contribution in [0.1, 0.15) is 0 Å². The van der Waals surface area contributed by atoms with Gasteiger partial charge in [-0.3, -0.25) is 0 Å². The van der Waals surface area contributed by atoms with E-state index < -0.39 is 24.6 Å². The van der Waals surface area contributed by atoms with Crippen molar-refractivity contribution in [2.45, 2.75) is 24.6 Å². The van der Waals surface area contributed by atoms with Gasteiger partial charge in [0.25, 0.3) is 0 Å². The molecule has 0 aromatic rings. The fraction of sp³-hybridized carbons (Fsp3) is 1.00. The normalized spacial score (nSPS) is 43.0. The topological polar surface area (TPSA) is 68.2 Å². The van der Waals surface area contributed by atoms with Crippen LogP contribution in [0.4, 0.5) is 0 Å². The molecule has 0 saturated carbocycles. The Kier molecular flexibility index (Phi) is 3.42. The number of ether oxygens (including phenoxy) is 3. The second kappa shape index (κ2) is 4.15. The van der Waals surface area contributed by atoms with Crippen LogP contribution in [0.15, 0.2) is 0 Å². The van der Waals surface area contributed by atoms with Crippen molar-refractivity contribution in [3.05, 3.63) is 0 Å². The van der Waals surface area contributed by atoms with Crippen LogP contribution in [-0.2, 0) is 14.2 Å². The quantitative estimate of drug-likeness (QED) is 0.551. The van der Waals surface area contributed by atoms with E-state index in [0.29, 0.717) is 0 Å². The zero-order chi connectivity index (χ0) is 9.14. The van der Waals surface area contributed by atoms with Crippen molar-refractivity contribution >= 4 is 0 Å². The molecule has 0 aromatic carbocycles. The lowest BCUT2D eigenvalue weighted by molar-refractivity contribution is -0.266. The minimum absolute atomic E-state index is 0.119. The highest BCUT2D eigenvalue weighted by atomic mass is 16.7. The van der Waals surface area contributed by atoms with Crippen molar-refractivity contribution < 1.29 is 24.4 Å². The summed E-state index contributed by atoms with van der Waals surface area (Å²) < 4.78 is 14.7. The van der Waals surface area contributed by atoms with Crippen molar-refractivity contribution in [2.24, 2.45) is 0 Å². The summed E-state index contributed by atoms with van der Waals surface area (Å²) in [6.07, 6.45) is -3.08. The summed E-state index contributed by atoms with van der Waals surface area (Å²) in [6.45, 7) is 0.119. The maximum absolute atomic E-state index is 9.46. The number of hydrogen-bond donors (Lipinski definition) is 2. The third-order valence-electron chi connectivity index (χ3n) is 1.93. The molecule has 0 unspecified atom stereocenters. The van der Waals surface area contributed by atoms with Gasteiger partial charge in [0, 0.05) is 14.2 Å². The molecule has 4 atom stereocenters. The van der Waals surface area contributed by atoms with Gasteiger partial charge in [0.2, 0.25) is 0 Å². The lowest BCUT2D eigenvalue weighted by Gasteiger charge is -2.36. The molecular formula is C7H14O5. The first-order valence-electron chi connectivity index (χ1n) is 3.74. The number of hydrogen-bond acceptors (Lipinski definition) is 5. The van der Waals surface area contributed by atoms with Crippen molar-refractivity contribution in [1.29, 1.82) is 0 Å². The van der Waals surface area contributed by atoms with E-state index in [0.717, 1.165) is 0 Å². The first-order chi connectivity index (χ1) is 5.70. The highest BCUT2D eigenvalue weighted by Gasteiger charge is 2.38. The van der Waals surface area contributed by atoms with Gasteiger partial charge in [-0.25, -0.2) is 0 Å². The largest absolute Gasteiger partial charge is 0.388 e. The van der Waals surface area contributed by atoms with Gasteiger partial charge >= 0.3 is 0 Å². The Morgan fingerprint density at radius 3 is 2.42 bits per heavy atom. The molecule has 0 radical (unpaired) electrons. The van der Waals surface area contributed by atoms with E-state index in [9.17, 15) is 10.2 Å². The molecule has 2 N–H and O–H groups in total. The second-order valence-corrected chi connectivity index (χ2v) is 2.70. The summed E-state index contributed by atoms with van der Waals surface area (Å²) in [6, 6.07) is 0. The third kappa shape index (κ3) is 1.75. The molecule has 1 aliphatic rings. The zero-order valence-corrected chi connectivity index (χ0v) is 7.14. The Labute approximate surface area is 70.9 Å². The predicted octanol–water partition coefficient (Wildman–Crippen LogP) is -1.27. The summed E-state index contributed by atoms with van der Waals surface area (Å²) in [5, 5.41) is 18.8. The Morgan fingerprint density at radius 2 is 1.92 bits per heavy atom. The smallest absolute Gasteiger partial charge is 0.185 e. The highest BCUT2D eigenvalue weighted by Crippen LogP contribution is 2.17. The number of methoxy groups -OCH3 is 2. The molecule has 72 valence electrons. The molecule has 5 heteroatoms.